The van der Waals surface area contributed by atoms with Crippen LogP contribution in [0.15, 0.2) is 65.0 Å². The average Bonchev–Trinajstić information content (AvgIpc) is 2.81. The Morgan fingerprint density at radius 3 is 2.54 bits per heavy atom. The molecule has 2 aliphatic rings. The van der Waals surface area contributed by atoms with E-state index in [1.165, 1.54) is 7.11 Å². The van der Waals surface area contributed by atoms with E-state index in [1.54, 1.807) is 13.2 Å². The number of hydrogen-bond donors (Lipinski definition) is 1. The molecule has 0 radical (unpaired) electrons. The molecule has 0 saturated carbocycles. The Morgan fingerprint density at radius 1 is 1.11 bits per heavy atom. The topological polar surface area (TPSA) is 73.9 Å². The number of dihydropyridines is 1. The van der Waals surface area contributed by atoms with Crippen molar-refractivity contribution in [2.45, 2.75) is 46.1 Å². The maximum Gasteiger partial charge on any atom is 0.336 e. The highest BCUT2D eigenvalue weighted by Crippen LogP contribution is 2.47. The van der Waals surface area contributed by atoms with Crippen LogP contribution in [0.1, 0.15) is 50.7 Å². The molecule has 1 aliphatic heterocycles. The van der Waals surface area contributed by atoms with Gasteiger partial charge in [0, 0.05) is 39.9 Å². The van der Waals surface area contributed by atoms with Gasteiger partial charge in [-0.05, 0) is 42.5 Å². The molecule has 1 heterocycles. The molecular weight excluding hydrogens is 466 g/mol. The second-order valence-corrected chi connectivity index (χ2v) is 10.1. The Balaban J connectivity index is 1.75. The summed E-state index contributed by atoms with van der Waals surface area (Å²) in [5.41, 5.74) is 4.03. The average molecular weight is 496 g/mol. The van der Waals surface area contributed by atoms with Gasteiger partial charge < -0.3 is 19.5 Å². The zero-order valence-electron chi connectivity index (χ0n) is 20.7. The number of rotatable bonds is 6. The minimum absolute atomic E-state index is 0.0284. The second kappa shape index (κ2) is 9.78. The van der Waals surface area contributed by atoms with Gasteiger partial charge in [0.15, 0.2) is 17.3 Å². The van der Waals surface area contributed by atoms with Crippen molar-refractivity contribution in [3.63, 3.8) is 0 Å². The van der Waals surface area contributed by atoms with Crippen molar-refractivity contribution in [3.05, 3.63) is 81.2 Å². The van der Waals surface area contributed by atoms with Crippen molar-refractivity contribution in [1.82, 2.24) is 5.32 Å². The molecule has 35 heavy (non-hydrogen) atoms. The molecule has 184 valence electrons. The van der Waals surface area contributed by atoms with E-state index < -0.39 is 11.9 Å². The molecule has 0 amide bonds. The summed E-state index contributed by atoms with van der Waals surface area (Å²) in [6.45, 7) is 6.27. The van der Waals surface area contributed by atoms with Crippen LogP contribution in [0.4, 0.5) is 0 Å². The molecular formula is C28H30ClNO5. The number of halogens is 1. The number of carbonyl (C=O) groups is 2. The van der Waals surface area contributed by atoms with E-state index in [4.69, 9.17) is 25.8 Å². The Kier molecular flexibility index (Phi) is 6.95. The lowest BCUT2D eigenvalue weighted by Crippen LogP contribution is -2.38. The number of nitrogens with one attached hydrogen (secondary N) is 1. The fourth-order valence-corrected chi connectivity index (χ4v) is 5.09. The fraction of sp³-hybridized carbons (Fsp3) is 0.357. The first-order valence-electron chi connectivity index (χ1n) is 11.5. The van der Waals surface area contributed by atoms with Gasteiger partial charge in [-0.25, -0.2) is 4.79 Å². The van der Waals surface area contributed by atoms with Crippen molar-refractivity contribution in [1.29, 1.82) is 0 Å². The number of ether oxygens (including phenoxy) is 3. The molecule has 4 rings (SSSR count). The number of hydrogen-bond acceptors (Lipinski definition) is 6. The van der Waals surface area contributed by atoms with Crippen molar-refractivity contribution in [2.24, 2.45) is 5.41 Å². The molecule has 2 aromatic rings. The van der Waals surface area contributed by atoms with Gasteiger partial charge >= 0.3 is 5.97 Å². The summed E-state index contributed by atoms with van der Waals surface area (Å²) in [6, 6.07) is 13.0. The third-order valence-corrected chi connectivity index (χ3v) is 6.88. The summed E-state index contributed by atoms with van der Waals surface area (Å²) in [5, 5.41) is 3.95. The molecule has 1 atom stereocenters. The van der Waals surface area contributed by atoms with Crippen LogP contribution >= 0.6 is 11.6 Å². The van der Waals surface area contributed by atoms with E-state index in [0.717, 1.165) is 16.8 Å². The van der Waals surface area contributed by atoms with Crippen molar-refractivity contribution in [2.75, 3.05) is 14.2 Å². The first-order valence-corrected chi connectivity index (χ1v) is 11.9. The van der Waals surface area contributed by atoms with Gasteiger partial charge in [-0.1, -0.05) is 49.7 Å². The van der Waals surface area contributed by atoms with Gasteiger partial charge in [0.05, 0.1) is 19.8 Å². The molecule has 0 aromatic heterocycles. The standard InChI is InChI=1S/C28H30ClNO5/c1-16-24(27(32)34-5)25(26-20(30-16)13-28(2,3)14-21(26)31)17-10-11-22(23(12-17)33-4)35-15-18-8-6-7-9-19(18)29/h6-12,25,30H,13-15H2,1-5H3. The van der Waals surface area contributed by atoms with E-state index in [-0.39, 0.29) is 17.8 Å². The lowest BCUT2D eigenvalue weighted by Gasteiger charge is -2.39. The van der Waals surface area contributed by atoms with Crippen LogP contribution in [0.3, 0.4) is 0 Å². The summed E-state index contributed by atoms with van der Waals surface area (Å²) in [7, 11) is 2.91. The molecule has 0 fully saturated rings. The molecule has 2 aromatic carbocycles. The maximum atomic E-state index is 13.4. The third-order valence-electron chi connectivity index (χ3n) is 6.51. The fourth-order valence-electron chi connectivity index (χ4n) is 4.90. The summed E-state index contributed by atoms with van der Waals surface area (Å²) >= 11 is 6.26. The number of ketones is 1. The third kappa shape index (κ3) is 4.94. The SMILES string of the molecule is COC(=O)C1=C(C)NC2=C(C(=O)CC(C)(C)C2)C1c1ccc(OCc2ccccc2Cl)c(OC)c1. The smallest absolute Gasteiger partial charge is 0.336 e. The van der Waals surface area contributed by atoms with E-state index in [2.05, 4.69) is 19.2 Å². The van der Waals surface area contributed by atoms with Crippen molar-refractivity contribution in [3.8, 4) is 11.5 Å². The minimum Gasteiger partial charge on any atom is -0.493 e. The largest absolute Gasteiger partial charge is 0.493 e. The predicted molar refractivity (Wildman–Crippen MR) is 134 cm³/mol. The molecule has 1 aliphatic carbocycles. The Hall–Kier alpha value is -3.25. The number of carbonyl (C=O) groups excluding carboxylic acids is 2. The first-order chi connectivity index (χ1) is 16.6. The number of esters is 1. The molecule has 6 nitrogen and oxygen atoms in total. The minimum atomic E-state index is -0.561. The quantitative estimate of drug-likeness (QED) is 0.518. The summed E-state index contributed by atoms with van der Waals surface area (Å²) in [5.74, 6) is 0.0353. The van der Waals surface area contributed by atoms with Crippen molar-refractivity contribution >= 4 is 23.4 Å². The van der Waals surface area contributed by atoms with E-state index in [1.807, 2.05) is 43.3 Å². The highest BCUT2D eigenvalue weighted by molar-refractivity contribution is 6.31. The Labute approximate surface area is 210 Å². The molecule has 7 heteroatoms. The zero-order valence-corrected chi connectivity index (χ0v) is 21.4. The molecule has 0 saturated heterocycles. The maximum absolute atomic E-state index is 13.4. The Bertz CT molecular complexity index is 1240. The number of Topliss-reactive ketones (excluding diaryl/α,β-unsaturated/α-hetero) is 1. The lowest BCUT2D eigenvalue weighted by atomic mass is 9.68. The Morgan fingerprint density at radius 2 is 1.86 bits per heavy atom. The summed E-state index contributed by atoms with van der Waals surface area (Å²) in [6.07, 6.45) is 1.13. The van der Waals surface area contributed by atoms with Crippen LogP contribution in [0.25, 0.3) is 0 Å². The van der Waals surface area contributed by atoms with E-state index in [0.29, 0.717) is 46.2 Å². The summed E-state index contributed by atoms with van der Waals surface area (Å²) < 4.78 is 16.7. The molecule has 0 bridgehead atoms. The highest BCUT2D eigenvalue weighted by Gasteiger charge is 2.43. The normalized spacial score (nSPS) is 19.1. The zero-order chi connectivity index (χ0) is 25.3. The van der Waals surface area contributed by atoms with E-state index >= 15 is 0 Å². The molecule has 1 unspecified atom stereocenters. The van der Waals surface area contributed by atoms with Crippen LogP contribution in [0.5, 0.6) is 11.5 Å². The summed E-state index contributed by atoms with van der Waals surface area (Å²) in [4.78, 5) is 26.2. The van der Waals surface area contributed by atoms with Crippen LogP contribution < -0.4 is 14.8 Å². The number of benzene rings is 2. The van der Waals surface area contributed by atoms with Gasteiger partial charge in [-0.3, -0.25) is 4.79 Å². The van der Waals surface area contributed by atoms with Crippen LogP contribution in [0.2, 0.25) is 5.02 Å². The van der Waals surface area contributed by atoms with Crippen molar-refractivity contribution < 1.29 is 23.8 Å². The van der Waals surface area contributed by atoms with Gasteiger partial charge in [-0.15, -0.1) is 0 Å². The molecule has 1 N–H and O–H groups in total. The van der Waals surface area contributed by atoms with Gasteiger partial charge in [0.2, 0.25) is 0 Å². The highest BCUT2D eigenvalue weighted by atomic mass is 35.5. The van der Waals surface area contributed by atoms with E-state index in [9.17, 15) is 9.59 Å². The van der Waals surface area contributed by atoms with Gasteiger partial charge in [0.1, 0.15) is 6.61 Å². The van der Waals surface area contributed by atoms with Gasteiger partial charge in [-0.2, -0.15) is 0 Å². The first kappa shape index (κ1) is 24.9. The number of allylic oxidation sites excluding steroid dienone is 3. The number of methoxy groups -OCH3 is 2. The van der Waals surface area contributed by atoms with Gasteiger partial charge in [0.25, 0.3) is 0 Å². The van der Waals surface area contributed by atoms with Crippen LogP contribution in [0, 0.1) is 5.41 Å². The van der Waals surface area contributed by atoms with Crippen LogP contribution in [-0.4, -0.2) is 26.0 Å². The predicted octanol–water partition coefficient (Wildman–Crippen LogP) is 5.70. The molecule has 0 spiro atoms. The monoisotopic (exact) mass is 495 g/mol. The lowest BCUT2D eigenvalue weighted by molar-refractivity contribution is -0.136. The van der Waals surface area contributed by atoms with Crippen LogP contribution in [-0.2, 0) is 20.9 Å². The second-order valence-electron chi connectivity index (χ2n) is 9.71.